The van der Waals surface area contributed by atoms with Crippen molar-refractivity contribution in [1.29, 1.82) is 0 Å². The maximum absolute atomic E-state index is 5.40. The highest BCUT2D eigenvalue weighted by atomic mass is 79.9. The number of benzene rings is 1. The Kier molecular flexibility index (Phi) is 2.69. The van der Waals surface area contributed by atoms with Crippen LogP contribution in [0.25, 0.3) is 0 Å². The molecule has 0 bridgehead atoms. The number of aromatic nitrogens is 3. The van der Waals surface area contributed by atoms with Crippen LogP contribution >= 0.6 is 15.9 Å². The van der Waals surface area contributed by atoms with Crippen molar-refractivity contribution < 1.29 is 4.74 Å². The Balaban J connectivity index is 2.24. The summed E-state index contributed by atoms with van der Waals surface area (Å²) < 4.78 is 6.26. The first-order chi connectivity index (χ1) is 6.86. The van der Waals surface area contributed by atoms with Crippen molar-refractivity contribution in [2.45, 2.75) is 0 Å². The van der Waals surface area contributed by atoms with Crippen molar-refractivity contribution >= 4 is 15.9 Å². The third-order valence-corrected chi connectivity index (χ3v) is 2.16. The van der Waals surface area contributed by atoms with E-state index in [4.69, 9.17) is 4.74 Å². The Morgan fingerprint density at radius 3 is 2.50 bits per heavy atom. The molecule has 1 heterocycles. The molecule has 5 heteroatoms. The normalized spacial score (nSPS) is 9.79. The van der Waals surface area contributed by atoms with E-state index in [9.17, 15) is 0 Å². The van der Waals surface area contributed by atoms with Gasteiger partial charge in [0.15, 0.2) is 0 Å². The summed E-state index contributed by atoms with van der Waals surface area (Å²) in [6.45, 7) is 0. The largest absolute Gasteiger partial charge is 0.423 e. The second-order valence-corrected chi connectivity index (χ2v) is 3.31. The topological polar surface area (TPSA) is 47.9 Å². The van der Waals surface area contributed by atoms with Gasteiger partial charge in [0.25, 0.3) is 0 Å². The first-order valence-electron chi connectivity index (χ1n) is 3.90. The van der Waals surface area contributed by atoms with Gasteiger partial charge in [-0.1, -0.05) is 12.1 Å². The zero-order valence-electron chi connectivity index (χ0n) is 7.09. The Hall–Kier alpha value is -1.49. The van der Waals surface area contributed by atoms with Crippen LogP contribution in [0.2, 0.25) is 0 Å². The van der Waals surface area contributed by atoms with Crippen LogP contribution in [0.15, 0.2) is 41.4 Å². The highest BCUT2D eigenvalue weighted by Crippen LogP contribution is 2.26. The smallest absolute Gasteiger partial charge is 0.324 e. The molecule has 14 heavy (non-hydrogen) atoms. The summed E-state index contributed by atoms with van der Waals surface area (Å²) in [5.41, 5.74) is 0. The van der Waals surface area contributed by atoms with Gasteiger partial charge in [-0.3, -0.25) is 0 Å². The van der Waals surface area contributed by atoms with Crippen LogP contribution in [0.1, 0.15) is 0 Å². The minimum absolute atomic E-state index is 0.284. The molecule has 0 atom stereocenters. The second-order valence-electron chi connectivity index (χ2n) is 2.45. The highest BCUT2D eigenvalue weighted by Gasteiger charge is 2.02. The molecule has 0 unspecified atom stereocenters. The number of hydrogen-bond acceptors (Lipinski definition) is 4. The summed E-state index contributed by atoms with van der Waals surface area (Å²) in [5, 5.41) is 0. The maximum atomic E-state index is 5.40. The zero-order chi connectivity index (χ0) is 9.80. The Morgan fingerprint density at radius 2 is 1.79 bits per heavy atom. The fourth-order valence-corrected chi connectivity index (χ4v) is 1.27. The maximum Gasteiger partial charge on any atom is 0.324 e. The van der Waals surface area contributed by atoms with Crippen LogP contribution in [-0.4, -0.2) is 15.0 Å². The molecular formula is C9H6BrN3O. The molecule has 4 nitrogen and oxygen atoms in total. The van der Waals surface area contributed by atoms with Gasteiger partial charge in [0.2, 0.25) is 0 Å². The third-order valence-electron chi connectivity index (χ3n) is 1.51. The quantitative estimate of drug-likeness (QED) is 0.823. The molecule has 0 spiro atoms. The van der Waals surface area contributed by atoms with Gasteiger partial charge in [-0.15, -0.1) is 0 Å². The van der Waals surface area contributed by atoms with E-state index in [1.165, 1.54) is 12.7 Å². The fraction of sp³-hybridized carbons (Fsp3) is 0. The van der Waals surface area contributed by atoms with Gasteiger partial charge in [0.1, 0.15) is 18.4 Å². The molecule has 0 saturated carbocycles. The van der Waals surface area contributed by atoms with E-state index in [2.05, 4.69) is 30.9 Å². The molecule has 2 aromatic rings. The van der Waals surface area contributed by atoms with Crippen LogP contribution in [0.5, 0.6) is 11.8 Å². The van der Waals surface area contributed by atoms with E-state index in [0.29, 0.717) is 5.75 Å². The molecular weight excluding hydrogens is 246 g/mol. The molecule has 0 aliphatic carbocycles. The zero-order valence-corrected chi connectivity index (χ0v) is 8.68. The van der Waals surface area contributed by atoms with Crippen molar-refractivity contribution in [3.8, 4) is 11.8 Å². The third kappa shape index (κ3) is 2.05. The predicted molar refractivity (Wildman–Crippen MR) is 54.0 cm³/mol. The summed E-state index contributed by atoms with van der Waals surface area (Å²) in [6.07, 6.45) is 2.78. The van der Waals surface area contributed by atoms with Crippen molar-refractivity contribution in [2.75, 3.05) is 0 Å². The van der Waals surface area contributed by atoms with Gasteiger partial charge in [-0.05, 0) is 28.1 Å². The molecule has 0 fully saturated rings. The van der Waals surface area contributed by atoms with Crippen molar-refractivity contribution in [2.24, 2.45) is 0 Å². The predicted octanol–water partition coefficient (Wildman–Crippen LogP) is 2.43. The van der Waals surface area contributed by atoms with Crippen molar-refractivity contribution in [3.63, 3.8) is 0 Å². The second kappa shape index (κ2) is 4.15. The van der Waals surface area contributed by atoms with Crippen LogP contribution in [-0.2, 0) is 0 Å². The monoisotopic (exact) mass is 251 g/mol. The van der Waals surface area contributed by atoms with E-state index in [1.54, 1.807) is 0 Å². The molecule has 1 aromatic heterocycles. The lowest BCUT2D eigenvalue weighted by atomic mass is 10.3. The highest BCUT2D eigenvalue weighted by molar-refractivity contribution is 9.10. The molecule has 1 aromatic carbocycles. The van der Waals surface area contributed by atoms with E-state index in [-0.39, 0.29) is 6.01 Å². The molecule has 70 valence electrons. The molecule has 2 rings (SSSR count). The summed E-state index contributed by atoms with van der Waals surface area (Å²) in [4.78, 5) is 11.4. The summed E-state index contributed by atoms with van der Waals surface area (Å²) in [6, 6.07) is 7.78. The number of para-hydroxylation sites is 1. The average Bonchev–Trinajstić information content (AvgIpc) is 2.23. The van der Waals surface area contributed by atoms with Gasteiger partial charge in [-0.2, -0.15) is 9.97 Å². The molecule has 0 N–H and O–H groups in total. The first kappa shape index (κ1) is 9.08. The van der Waals surface area contributed by atoms with Gasteiger partial charge in [0, 0.05) is 0 Å². The van der Waals surface area contributed by atoms with Crippen LogP contribution in [0.3, 0.4) is 0 Å². The van der Waals surface area contributed by atoms with Crippen molar-refractivity contribution in [1.82, 2.24) is 15.0 Å². The van der Waals surface area contributed by atoms with E-state index in [0.717, 1.165) is 4.47 Å². The Morgan fingerprint density at radius 1 is 1.07 bits per heavy atom. The average molecular weight is 252 g/mol. The van der Waals surface area contributed by atoms with Crippen LogP contribution in [0, 0.1) is 0 Å². The van der Waals surface area contributed by atoms with Gasteiger partial charge in [0.05, 0.1) is 4.47 Å². The van der Waals surface area contributed by atoms with Crippen LogP contribution < -0.4 is 4.74 Å². The lowest BCUT2D eigenvalue weighted by Gasteiger charge is -2.03. The fourth-order valence-electron chi connectivity index (χ4n) is 0.907. The standard InChI is InChI=1S/C9H6BrN3O/c10-7-3-1-2-4-8(7)14-9-12-5-11-6-13-9/h1-6H. The molecule has 0 amide bonds. The van der Waals surface area contributed by atoms with E-state index < -0.39 is 0 Å². The first-order valence-corrected chi connectivity index (χ1v) is 4.70. The van der Waals surface area contributed by atoms with Gasteiger partial charge >= 0.3 is 6.01 Å². The molecule has 0 aliphatic rings. The van der Waals surface area contributed by atoms with E-state index in [1.807, 2.05) is 24.3 Å². The SMILES string of the molecule is Brc1ccccc1Oc1ncncn1. The minimum Gasteiger partial charge on any atom is -0.423 e. The number of hydrogen-bond donors (Lipinski definition) is 0. The van der Waals surface area contributed by atoms with Gasteiger partial charge < -0.3 is 4.74 Å². The summed E-state index contributed by atoms with van der Waals surface area (Å²) >= 11 is 3.36. The lowest BCUT2D eigenvalue weighted by Crippen LogP contribution is -1.91. The number of ether oxygens (including phenoxy) is 1. The van der Waals surface area contributed by atoms with Crippen molar-refractivity contribution in [3.05, 3.63) is 41.4 Å². The summed E-state index contributed by atoms with van der Waals surface area (Å²) in [5.74, 6) is 0.679. The molecule has 0 saturated heterocycles. The molecule has 0 aliphatic heterocycles. The minimum atomic E-state index is 0.284. The number of halogens is 1. The van der Waals surface area contributed by atoms with E-state index >= 15 is 0 Å². The number of nitrogens with zero attached hydrogens (tertiary/aromatic N) is 3. The molecule has 0 radical (unpaired) electrons. The van der Waals surface area contributed by atoms with Gasteiger partial charge in [-0.25, -0.2) is 4.98 Å². The lowest BCUT2D eigenvalue weighted by molar-refractivity contribution is 0.436. The number of rotatable bonds is 2. The van der Waals surface area contributed by atoms with Crippen LogP contribution in [0.4, 0.5) is 0 Å². The summed E-state index contributed by atoms with van der Waals surface area (Å²) in [7, 11) is 0. The Labute approximate surface area is 89.1 Å². The Bertz CT molecular complexity index is 421.